The maximum Gasteiger partial charge on any atom is 0.119 e. The molecule has 2 saturated carbocycles. The number of rotatable bonds is 3. The smallest absolute Gasteiger partial charge is 0.119 e. The quantitative estimate of drug-likeness (QED) is 0.908. The summed E-state index contributed by atoms with van der Waals surface area (Å²) in [5.74, 6) is 2.97. The lowest BCUT2D eigenvalue weighted by atomic mass is 9.82. The van der Waals surface area contributed by atoms with E-state index < -0.39 is 0 Å². The van der Waals surface area contributed by atoms with Crippen LogP contribution in [-0.2, 0) is 0 Å². The first-order chi connectivity index (χ1) is 10.2. The number of benzene rings is 2. The summed E-state index contributed by atoms with van der Waals surface area (Å²) in [5.41, 5.74) is 1.07. The molecule has 2 aromatic carbocycles. The van der Waals surface area contributed by atoms with E-state index in [1.54, 1.807) is 7.11 Å². The fourth-order valence-corrected chi connectivity index (χ4v) is 4.48. The van der Waals surface area contributed by atoms with Gasteiger partial charge in [-0.05, 0) is 71.6 Å². The van der Waals surface area contributed by atoms with Crippen molar-refractivity contribution in [2.45, 2.75) is 31.8 Å². The summed E-state index contributed by atoms with van der Waals surface area (Å²) in [6, 6.07) is 12.4. The Balaban J connectivity index is 1.64. The van der Waals surface area contributed by atoms with E-state index in [4.69, 9.17) is 4.74 Å². The molecule has 0 aromatic heterocycles. The minimum absolute atomic E-state index is 0.299. The average Bonchev–Trinajstić information content (AvgIpc) is 3.16. The van der Waals surface area contributed by atoms with Crippen molar-refractivity contribution in [3.05, 3.63) is 42.0 Å². The summed E-state index contributed by atoms with van der Waals surface area (Å²) >= 11 is 0. The van der Waals surface area contributed by atoms with Gasteiger partial charge in [-0.2, -0.15) is 0 Å². The first kappa shape index (κ1) is 13.1. The van der Waals surface area contributed by atoms with Gasteiger partial charge in [0.05, 0.1) is 13.2 Å². The third-order valence-electron chi connectivity index (χ3n) is 5.61. The second kappa shape index (κ2) is 5.03. The summed E-state index contributed by atoms with van der Waals surface area (Å²) < 4.78 is 5.27. The highest BCUT2D eigenvalue weighted by atomic mass is 16.5. The fourth-order valence-electron chi connectivity index (χ4n) is 4.48. The monoisotopic (exact) mass is 282 g/mol. The highest BCUT2D eigenvalue weighted by Crippen LogP contribution is 2.52. The van der Waals surface area contributed by atoms with Crippen molar-refractivity contribution < 1.29 is 9.84 Å². The molecule has 0 aliphatic heterocycles. The zero-order valence-electron chi connectivity index (χ0n) is 12.5. The van der Waals surface area contributed by atoms with Crippen LogP contribution in [0, 0.1) is 17.8 Å². The molecule has 4 unspecified atom stereocenters. The number of methoxy groups -OCH3 is 1. The summed E-state index contributed by atoms with van der Waals surface area (Å²) in [7, 11) is 1.69. The van der Waals surface area contributed by atoms with Crippen LogP contribution in [0.3, 0.4) is 0 Å². The molecule has 21 heavy (non-hydrogen) atoms. The van der Waals surface area contributed by atoms with Crippen LogP contribution >= 0.6 is 0 Å². The van der Waals surface area contributed by atoms with Crippen LogP contribution in [0.1, 0.15) is 37.4 Å². The maximum absolute atomic E-state index is 10.8. The molecule has 4 atom stereocenters. The Hall–Kier alpha value is -1.54. The van der Waals surface area contributed by atoms with Crippen LogP contribution in [-0.4, -0.2) is 12.2 Å². The van der Waals surface area contributed by atoms with Gasteiger partial charge in [0.25, 0.3) is 0 Å². The molecule has 0 spiro atoms. The van der Waals surface area contributed by atoms with Gasteiger partial charge in [0, 0.05) is 0 Å². The molecule has 2 nitrogen and oxygen atoms in total. The Bertz CT molecular complexity index is 664. The number of aliphatic hydroxyl groups excluding tert-OH is 1. The van der Waals surface area contributed by atoms with Crippen molar-refractivity contribution >= 4 is 10.8 Å². The van der Waals surface area contributed by atoms with E-state index in [1.165, 1.54) is 36.5 Å². The van der Waals surface area contributed by atoms with Crippen LogP contribution in [0.2, 0.25) is 0 Å². The van der Waals surface area contributed by atoms with Gasteiger partial charge in [0.2, 0.25) is 0 Å². The molecule has 1 N–H and O–H groups in total. The Morgan fingerprint density at radius 1 is 1.05 bits per heavy atom. The molecule has 2 fully saturated rings. The number of ether oxygens (including phenoxy) is 1. The van der Waals surface area contributed by atoms with Gasteiger partial charge in [0.15, 0.2) is 0 Å². The second-order valence-electron chi connectivity index (χ2n) is 6.76. The van der Waals surface area contributed by atoms with E-state index in [0.29, 0.717) is 5.92 Å². The highest BCUT2D eigenvalue weighted by molar-refractivity contribution is 5.84. The lowest BCUT2D eigenvalue weighted by molar-refractivity contribution is 0.0746. The van der Waals surface area contributed by atoms with Crippen LogP contribution in [0.4, 0.5) is 0 Å². The van der Waals surface area contributed by atoms with E-state index in [2.05, 4.69) is 24.3 Å². The molecule has 0 heterocycles. The molecular formula is C19H22O2. The molecule has 2 aliphatic rings. The molecule has 0 amide bonds. The molecule has 110 valence electrons. The molecule has 2 aliphatic carbocycles. The van der Waals surface area contributed by atoms with Gasteiger partial charge < -0.3 is 9.84 Å². The van der Waals surface area contributed by atoms with Gasteiger partial charge in [-0.15, -0.1) is 0 Å². The fraction of sp³-hybridized carbons (Fsp3) is 0.474. The van der Waals surface area contributed by atoms with Gasteiger partial charge in [0.1, 0.15) is 5.75 Å². The number of fused-ring (bicyclic) bond motifs is 3. The maximum atomic E-state index is 10.8. The molecule has 2 heteroatoms. The number of hydrogen-bond donors (Lipinski definition) is 1. The molecule has 2 aromatic rings. The standard InChI is InChI=1S/C19H22O2/c1-21-17-7-6-13-10-16(5-4-14(13)11-17)19(20)18-9-12-2-3-15(18)8-12/h4-7,10-12,15,18-20H,2-3,8-9H2,1H3. The van der Waals surface area contributed by atoms with E-state index in [-0.39, 0.29) is 6.10 Å². The highest BCUT2D eigenvalue weighted by Gasteiger charge is 2.42. The predicted octanol–water partition coefficient (Wildman–Crippen LogP) is 4.32. The Labute approximate surface area is 125 Å². The number of hydrogen-bond acceptors (Lipinski definition) is 2. The first-order valence-corrected chi connectivity index (χ1v) is 8.00. The minimum atomic E-state index is -0.299. The normalized spacial score (nSPS) is 29.0. The van der Waals surface area contributed by atoms with Crippen molar-refractivity contribution in [2.75, 3.05) is 7.11 Å². The van der Waals surface area contributed by atoms with Crippen molar-refractivity contribution in [2.24, 2.45) is 17.8 Å². The average molecular weight is 282 g/mol. The van der Waals surface area contributed by atoms with Crippen molar-refractivity contribution in [1.82, 2.24) is 0 Å². The topological polar surface area (TPSA) is 29.5 Å². The van der Waals surface area contributed by atoms with Gasteiger partial charge in [-0.1, -0.05) is 24.6 Å². The van der Waals surface area contributed by atoms with Crippen molar-refractivity contribution in [1.29, 1.82) is 0 Å². The van der Waals surface area contributed by atoms with E-state index in [9.17, 15) is 5.11 Å². The third kappa shape index (κ3) is 2.22. The molecule has 2 bridgehead atoms. The molecular weight excluding hydrogens is 260 g/mol. The summed E-state index contributed by atoms with van der Waals surface area (Å²) in [5, 5.41) is 13.1. The Morgan fingerprint density at radius 3 is 2.57 bits per heavy atom. The van der Waals surface area contributed by atoms with E-state index in [1.807, 2.05) is 12.1 Å². The van der Waals surface area contributed by atoms with Crippen molar-refractivity contribution in [3.63, 3.8) is 0 Å². The summed E-state index contributed by atoms with van der Waals surface area (Å²) in [6.07, 6.45) is 4.95. The van der Waals surface area contributed by atoms with E-state index in [0.717, 1.165) is 23.1 Å². The predicted molar refractivity (Wildman–Crippen MR) is 84.4 cm³/mol. The largest absolute Gasteiger partial charge is 0.497 e. The van der Waals surface area contributed by atoms with Gasteiger partial charge in [-0.25, -0.2) is 0 Å². The number of aliphatic hydroxyl groups is 1. The summed E-state index contributed by atoms with van der Waals surface area (Å²) in [6.45, 7) is 0. The molecule has 0 saturated heterocycles. The van der Waals surface area contributed by atoms with E-state index >= 15 is 0 Å². The van der Waals surface area contributed by atoms with Crippen LogP contribution in [0.5, 0.6) is 5.75 Å². The van der Waals surface area contributed by atoms with Crippen LogP contribution in [0.25, 0.3) is 10.8 Å². The minimum Gasteiger partial charge on any atom is -0.497 e. The zero-order valence-corrected chi connectivity index (χ0v) is 12.5. The van der Waals surface area contributed by atoms with Crippen molar-refractivity contribution in [3.8, 4) is 5.75 Å². The van der Waals surface area contributed by atoms with Crippen LogP contribution < -0.4 is 4.74 Å². The summed E-state index contributed by atoms with van der Waals surface area (Å²) in [4.78, 5) is 0. The van der Waals surface area contributed by atoms with Gasteiger partial charge in [-0.3, -0.25) is 0 Å². The Kier molecular flexibility index (Phi) is 3.15. The second-order valence-corrected chi connectivity index (χ2v) is 6.76. The van der Waals surface area contributed by atoms with Gasteiger partial charge >= 0.3 is 0 Å². The molecule has 0 radical (unpaired) electrons. The lowest BCUT2D eigenvalue weighted by Crippen LogP contribution is -2.19. The Morgan fingerprint density at radius 2 is 1.86 bits per heavy atom. The lowest BCUT2D eigenvalue weighted by Gasteiger charge is -2.27. The SMILES string of the molecule is COc1ccc2cc(C(O)C3CC4CCC3C4)ccc2c1. The first-order valence-electron chi connectivity index (χ1n) is 8.00. The third-order valence-corrected chi connectivity index (χ3v) is 5.61. The zero-order chi connectivity index (χ0) is 14.4. The molecule has 4 rings (SSSR count). The van der Waals surface area contributed by atoms with Crippen LogP contribution in [0.15, 0.2) is 36.4 Å².